The molecular weight excluding hydrogens is 339 g/mol. The second kappa shape index (κ2) is 7.81. The number of hydrogen-bond donors (Lipinski definition) is 2. The number of hydrogen-bond acceptors (Lipinski definition) is 4. The lowest BCUT2D eigenvalue weighted by Crippen LogP contribution is -2.45. The molecule has 1 unspecified atom stereocenters. The van der Waals surface area contributed by atoms with Crippen LogP contribution in [0.5, 0.6) is 5.75 Å². The van der Waals surface area contributed by atoms with E-state index in [1.807, 2.05) is 4.90 Å². The number of halogens is 2. The minimum absolute atomic E-state index is 0. The van der Waals surface area contributed by atoms with Crippen LogP contribution < -0.4 is 10.1 Å². The molecule has 0 radical (unpaired) electrons. The highest BCUT2D eigenvalue weighted by Gasteiger charge is 2.38. The number of piperidine rings is 1. The first-order valence-corrected chi connectivity index (χ1v) is 7.77. The summed E-state index contributed by atoms with van der Waals surface area (Å²) in [5, 5.41) is 12.1. The summed E-state index contributed by atoms with van der Waals surface area (Å²) in [5.41, 5.74) is -0.149. The Balaban J connectivity index is 0.00000208. The molecule has 2 N–H and O–H groups in total. The molecule has 2 heterocycles. The average molecular weight is 359 g/mol. The summed E-state index contributed by atoms with van der Waals surface area (Å²) in [5.74, 6) is -2.17. The van der Waals surface area contributed by atoms with Gasteiger partial charge in [-0.15, -0.1) is 12.4 Å². The highest BCUT2D eigenvalue weighted by atomic mass is 35.5. The van der Waals surface area contributed by atoms with E-state index < -0.39 is 17.9 Å². The van der Waals surface area contributed by atoms with Crippen molar-refractivity contribution in [3.05, 3.63) is 29.6 Å². The van der Waals surface area contributed by atoms with Crippen molar-refractivity contribution in [3.8, 4) is 5.75 Å². The molecule has 1 aromatic rings. The highest BCUT2D eigenvalue weighted by Crippen LogP contribution is 2.26. The lowest BCUT2D eigenvalue weighted by atomic mass is 10.1. The molecule has 8 heteroatoms. The topological polar surface area (TPSA) is 78.9 Å². The normalized spacial score (nSPS) is 21.5. The average Bonchev–Trinajstić information content (AvgIpc) is 2.91. The van der Waals surface area contributed by atoms with Crippen LogP contribution in [-0.4, -0.2) is 53.7 Å². The molecule has 132 valence electrons. The van der Waals surface area contributed by atoms with Gasteiger partial charge in [0.25, 0.3) is 5.91 Å². The van der Waals surface area contributed by atoms with Crippen LogP contribution in [0, 0.1) is 5.82 Å². The Morgan fingerprint density at radius 3 is 2.62 bits per heavy atom. The van der Waals surface area contributed by atoms with E-state index >= 15 is 0 Å². The molecule has 1 amide bonds. The molecule has 2 saturated heterocycles. The van der Waals surface area contributed by atoms with E-state index in [4.69, 9.17) is 9.84 Å². The van der Waals surface area contributed by atoms with Gasteiger partial charge in [0.15, 0.2) is 17.7 Å². The number of carbonyl (C=O) groups is 2. The molecule has 3 rings (SSSR count). The van der Waals surface area contributed by atoms with Crippen LogP contribution in [0.2, 0.25) is 0 Å². The van der Waals surface area contributed by atoms with Crippen LogP contribution in [0.4, 0.5) is 4.39 Å². The van der Waals surface area contributed by atoms with Gasteiger partial charge in [-0.25, -0.2) is 9.18 Å². The van der Waals surface area contributed by atoms with Gasteiger partial charge < -0.3 is 20.1 Å². The minimum Gasteiger partial charge on any atom is -0.478 e. The predicted octanol–water partition coefficient (Wildman–Crippen LogP) is 1.68. The van der Waals surface area contributed by atoms with Crippen molar-refractivity contribution in [3.63, 3.8) is 0 Å². The number of rotatable bonds is 4. The maximum absolute atomic E-state index is 13.9. The van der Waals surface area contributed by atoms with Gasteiger partial charge in [0.2, 0.25) is 0 Å². The molecular formula is C16H20ClFN2O4. The van der Waals surface area contributed by atoms with Crippen LogP contribution in [0.25, 0.3) is 0 Å². The molecule has 0 saturated carbocycles. The molecule has 1 aromatic carbocycles. The third-order valence-electron chi connectivity index (χ3n) is 4.39. The fraction of sp³-hybridized carbons (Fsp3) is 0.500. The van der Waals surface area contributed by atoms with Crippen molar-refractivity contribution in [1.82, 2.24) is 10.2 Å². The molecule has 24 heavy (non-hydrogen) atoms. The molecule has 2 fully saturated rings. The van der Waals surface area contributed by atoms with Gasteiger partial charge in [0.05, 0.1) is 5.56 Å². The van der Waals surface area contributed by atoms with Gasteiger partial charge in [-0.1, -0.05) is 0 Å². The Kier molecular flexibility index (Phi) is 6.01. The van der Waals surface area contributed by atoms with Gasteiger partial charge in [-0.05, 0) is 44.1 Å². The second-order valence-electron chi connectivity index (χ2n) is 5.86. The molecule has 0 bridgehead atoms. The van der Waals surface area contributed by atoms with Gasteiger partial charge in [-0.3, -0.25) is 4.79 Å². The van der Waals surface area contributed by atoms with Gasteiger partial charge in [0.1, 0.15) is 0 Å². The van der Waals surface area contributed by atoms with E-state index in [1.165, 1.54) is 12.1 Å². The second-order valence-corrected chi connectivity index (χ2v) is 5.86. The van der Waals surface area contributed by atoms with E-state index in [0.29, 0.717) is 13.0 Å². The lowest BCUT2D eigenvalue weighted by molar-refractivity contribution is -0.135. The maximum atomic E-state index is 13.9. The molecule has 0 spiro atoms. The smallest absolute Gasteiger partial charge is 0.335 e. The number of carbonyl (C=O) groups excluding carboxylic acids is 1. The fourth-order valence-electron chi connectivity index (χ4n) is 3.15. The zero-order valence-corrected chi connectivity index (χ0v) is 13.9. The lowest BCUT2D eigenvalue weighted by Gasteiger charge is -2.31. The molecule has 0 aliphatic carbocycles. The molecule has 6 nitrogen and oxygen atoms in total. The van der Waals surface area contributed by atoms with Crippen molar-refractivity contribution in [2.24, 2.45) is 0 Å². The quantitative estimate of drug-likeness (QED) is 0.856. The number of aromatic carboxylic acids is 1. The standard InChI is InChI=1S/C16H19FN2O4.ClH/c17-12-9-10(16(21)22)1-2-13(12)23-14-5-8-19(15(14)20)11-3-6-18-7-4-11;/h1-2,9,11,14,18H,3-8H2,(H,21,22);1H. The summed E-state index contributed by atoms with van der Waals surface area (Å²) in [6.45, 7) is 2.40. The monoisotopic (exact) mass is 358 g/mol. The van der Waals surface area contributed by atoms with Crippen molar-refractivity contribution in [2.75, 3.05) is 19.6 Å². The van der Waals surface area contributed by atoms with Gasteiger partial charge >= 0.3 is 5.97 Å². The first-order chi connectivity index (χ1) is 11.1. The van der Waals surface area contributed by atoms with E-state index in [-0.39, 0.29) is 35.7 Å². The number of benzene rings is 1. The maximum Gasteiger partial charge on any atom is 0.335 e. The first kappa shape index (κ1) is 18.5. The summed E-state index contributed by atoms with van der Waals surface area (Å²) in [4.78, 5) is 25.1. The molecule has 2 aliphatic rings. The highest BCUT2D eigenvalue weighted by molar-refractivity contribution is 5.88. The zero-order valence-electron chi connectivity index (χ0n) is 13.0. The molecule has 2 aliphatic heterocycles. The van der Waals surface area contributed by atoms with Crippen LogP contribution in [0.3, 0.4) is 0 Å². The number of carboxylic acids is 1. The number of nitrogens with zero attached hydrogens (tertiary/aromatic N) is 1. The van der Waals surface area contributed by atoms with Crippen LogP contribution >= 0.6 is 12.4 Å². The van der Waals surface area contributed by atoms with E-state index in [9.17, 15) is 14.0 Å². The summed E-state index contributed by atoms with van der Waals surface area (Å²) in [7, 11) is 0. The number of amides is 1. The first-order valence-electron chi connectivity index (χ1n) is 7.77. The number of likely N-dealkylation sites (tertiary alicyclic amines) is 1. The van der Waals surface area contributed by atoms with Gasteiger partial charge in [0, 0.05) is 19.0 Å². The third-order valence-corrected chi connectivity index (χ3v) is 4.39. The number of ether oxygens (including phenoxy) is 1. The number of carboxylic acid groups (broad SMARTS) is 1. The third kappa shape index (κ3) is 3.79. The Morgan fingerprint density at radius 2 is 2.00 bits per heavy atom. The summed E-state index contributed by atoms with van der Waals surface area (Å²) >= 11 is 0. The van der Waals surface area contributed by atoms with E-state index in [2.05, 4.69) is 5.32 Å². The molecule has 0 aromatic heterocycles. The Labute approximate surface area is 145 Å². The van der Waals surface area contributed by atoms with Crippen LogP contribution in [0.15, 0.2) is 18.2 Å². The predicted molar refractivity (Wildman–Crippen MR) is 87.2 cm³/mol. The van der Waals surface area contributed by atoms with Gasteiger partial charge in [-0.2, -0.15) is 0 Å². The summed E-state index contributed by atoms with van der Waals surface area (Å²) in [6.07, 6.45) is 1.65. The molecule has 1 atom stereocenters. The minimum atomic E-state index is -1.20. The SMILES string of the molecule is Cl.O=C(O)c1ccc(OC2CCN(C3CCNCC3)C2=O)c(F)c1. The summed E-state index contributed by atoms with van der Waals surface area (Å²) in [6, 6.07) is 3.66. The van der Waals surface area contributed by atoms with Crippen molar-refractivity contribution >= 4 is 24.3 Å². The fourth-order valence-corrected chi connectivity index (χ4v) is 3.15. The Hall–Kier alpha value is -1.86. The van der Waals surface area contributed by atoms with Crippen molar-refractivity contribution in [2.45, 2.75) is 31.4 Å². The Morgan fingerprint density at radius 1 is 1.29 bits per heavy atom. The Bertz CT molecular complexity index is 622. The van der Waals surface area contributed by atoms with Crippen LogP contribution in [-0.2, 0) is 4.79 Å². The summed E-state index contributed by atoms with van der Waals surface area (Å²) < 4.78 is 19.4. The largest absolute Gasteiger partial charge is 0.478 e. The van der Waals surface area contributed by atoms with E-state index in [0.717, 1.165) is 32.0 Å². The van der Waals surface area contributed by atoms with Crippen LogP contribution in [0.1, 0.15) is 29.6 Å². The van der Waals surface area contributed by atoms with Crippen molar-refractivity contribution < 1.29 is 23.8 Å². The number of nitrogens with one attached hydrogen (secondary N) is 1. The van der Waals surface area contributed by atoms with Crippen molar-refractivity contribution in [1.29, 1.82) is 0 Å². The zero-order chi connectivity index (χ0) is 16.4. The van der Waals surface area contributed by atoms with E-state index in [1.54, 1.807) is 0 Å².